The molecule has 0 saturated heterocycles. The van der Waals surface area contributed by atoms with Gasteiger partial charge in [-0.1, -0.05) is 35.8 Å². The van der Waals surface area contributed by atoms with Gasteiger partial charge in [0.25, 0.3) is 0 Å². The van der Waals surface area contributed by atoms with Crippen molar-refractivity contribution < 1.29 is 9.90 Å². The van der Waals surface area contributed by atoms with Crippen molar-refractivity contribution in [3.8, 4) is 0 Å². The maximum absolute atomic E-state index is 11.2. The fourth-order valence-corrected chi connectivity index (χ4v) is 2.77. The molecule has 102 valence electrons. The van der Waals surface area contributed by atoms with Crippen LogP contribution in [0.1, 0.15) is 37.4 Å². The average Bonchev–Trinajstić information content (AvgIpc) is 2.48. The largest absolute Gasteiger partial charge is 0.478 e. The fraction of sp³-hybridized carbons (Fsp3) is 0.400. The van der Waals surface area contributed by atoms with E-state index in [9.17, 15) is 9.90 Å². The summed E-state index contributed by atoms with van der Waals surface area (Å²) in [5, 5.41) is 12.6. The molecule has 1 aliphatic rings. The molecule has 1 aromatic carbocycles. The summed E-state index contributed by atoms with van der Waals surface area (Å²) in [6.07, 6.45) is 2.77. The molecule has 1 unspecified atom stereocenters. The summed E-state index contributed by atoms with van der Waals surface area (Å²) in [5.74, 6) is -0.302. The van der Waals surface area contributed by atoms with Crippen molar-refractivity contribution >= 4 is 28.0 Å². The molecule has 2 N–H and O–H groups in total. The van der Waals surface area contributed by atoms with E-state index in [2.05, 4.69) is 41.2 Å². The van der Waals surface area contributed by atoms with Gasteiger partial charge in [0.15, 0.2) is 0 Å². The highest BCUT2D eigenvalue weighted by molar-refractivity contribution is 9.10. The maximum atomic E-state index is 11.2. The molecule has 0 saturated carbocycles. The summed E-state index contributed by atoms with van der Waals surface area (Å²) >= 11 is 3.45. The Bertz CT molecular complexity index is 523. The topological polar surface area (TPSA) is 49.3 Å². The van der Waals surface area contributed by atoms with Gasteiger partial charge in [0.05, 0.1) is 5.57 Å². The number of carboxylic acids is 1. The molecule has 0 fully saturated rings. The number of benzene rings is 1. The average molecular weight is 324 g/mol. The fourth-order valence-electron chi connectivity index (χ4n) is 2.39. The van der Waals surface area contributed by atoms with E-state index in [1.807, 2.05) is 12.1 Å². The zero-order valence-electron chi connectivity index (χ0n) is 11.1. The van der Waals surface area contributed by atoms with Crippen LogP contribution in [0.3, 0.4) is 0 Å². The number of nitrogens with one attached hydrogen (secondary N) is 1. The zero-order chi connectivity index (χ0) is 14.0. The molecule has 3 nitrogen and oxygen atoms in total. The highest BCUT2D eigenvalue weighted by Gasteiger charge is 2.21. The Morgan fingerprint density at radius 1 is 1.53 bits per heavy atom. The molecule has 19 heavy (non-hydrogen) atoms. The number of fused-ring (bicyclic) bond motifs is 1. The molecular formula is C15H18BrNO2. The predicted molar refractivity (Wildman–Crippen MR) is 80.0 cm³/mol. The third-order valence-electron chi connectivity index (χ3n) is 3.27. The van der Waals surface area contributed by atoms with Gasteiger partial charge in [0, 0.05) is 17.1 Å². The highest BCUT2D eigenvalue weighted by Crippen LogP contribution is 2.30. The van der Waals surface area contributed by atoms with Gasteiger partial charge in [-0.05, 0) is 41.7 Å². The zero-order valence-corrected chi connectivity index (χ0v) is 12.7. The first-order valence-corrected chi connectivity index (χ1v) is 7.23. The van der Waals surface area contributed by atoms with Gasteiger partial charge >= 0.3 is 5.97 Å². The SMILES string of the molecule is CC(C)CC1NCC(C(=O)O)=Cc2cc(Br)ccc21. The second kappa shape index (κ2) is 5.88. The van der Waals surface area contributed by atoms with E-state index in [4.69, 9.17) is 0 Å². The van der Waals surface area contributed by atoms with Crippen LogP contribution in [0.4, 0.5) is 0 Å². The van der Waals surface area contributed by atoms with Gasteiger partial charge in [0.2, 0.25) is 0 Å². The standard InChI is InChI=1S/C15H18BrNO2/c1-9(2)5-14-13-4-3-12(16)7-10(13)6-11(8-17-14)15(18)19/h3-4,6-7,9,14,17H,5,8H2,1-2H3,(H,18,19). The molecule has 1 heterocycles. The van der Waals surface area contributed by atoms with Crippen LogP contribution in [-0.4, -0.2) is 17.6 Å². The first-order chi connectivity index (χ1) is 8.97. The molecule has 0 bridgehead atoms. The lowest BCUT2D eigenvalue weighted by Gasteiger charge is -2.21. The van der Waals surface area contributed by atoms with E-state index in [0.717, 1.165) is 16.5 Å². The minimum atomic E-state index is -0.858. The maximum Gasteiger partial charge on any atom is 0.332 e. The van der Waals surface area contributed by atoms with E-state index in [1.54, 1.807) is 6.08 Å². The molecule has 0 spiro atoms. The van der Waals surface area contributed by atoms with Crippen LogP contribution in [0, 0.1) is 5.92 Å². The molecule has 2 rings (SSSR count). The van der Waals surface area contributed by atoms with Crippen LogP contribution in [0.15, 0.2) is 28.2 Å². The highest BCUT2D eigenvalue weighted by atomic mass is 79.9. The van der Waals surface area contributed by atoms with Gasteiger partial charge in [-0.3, -0.25) is 0 Å². The van der Waals surface area contributed by atoms with Crippen molar-refractivity contribution in [2.75, 3.05) is 6.54 Å². The van der Waals surface area contributed by atoms with Crippen molar-refractivity contribution in [3.05, 3.63) is 39.4 Å². The second-order valence-corrected chi connectivity index (χ2v) is 6.23. The van der Waals surface area contributed by atoms with E-state index in [0.29, 0.717) is 18.0 Å². The Hall–Kier alpha value is -1.13. The first-order valence-electron chi connectivity index (χ1n) is 6.44. The van der Waals surface area contributed by atoms with Crippen LogP contribution < -0.4 is 5.32 Å². The lowest BCUT2D eigenvalue weighted by Crippen LogP contribution is -2.25. The molecule has 4 heteroatoms. The van der Waals surface area contributed by atoms with Crippen LogP contribution >= 0.6 is 15.9 Å². The second-order valence-electron chi connectivity index (χ2n) is 5.31. The number of hydrogen-bond acceptors (Lipinski definition) is 2. The smallest absolute Gasteiger partial charge is 0.332 e. The monoisotopic (exact) mass is 323 g/mol. The minimum absolute atomic E-state index is 0.205. The van der Waals surface area contributed by atoms with Gasteiger partial charge in [-0.15, -0.1) is 0 Å². The van der Waals surface area contributed by atoms with Gasteiger partial charge in [-0.2, -0.15) is 0 Å². The summed E-state index contributed by atoms with van der Waals surface area (Å²) in [6.45, 7) is 4.76. The normalized spacial score (nSPS) is 18.7. The number of carbonyl (C=O) groups is 1. The van der Waals surface area contributed by atoms with Crippen molar-refractivity contribution in [1.82, 2.24) is 5.32 Å². The Morgan fingerprint density at radius 2 is 2.26 bits per heavy atom. The Balaban J connectivity index is 2.43. The van der Waals surface area contributed by atoms with Gasteiger partial charge in [-0.25, -0.2) is 4.79 Å². The number of hydrogen-bond donors (Lipinski definition) is 2. The molecule has 0 radical (unpaired) electrons. The molecule has 0 aromatic heterocycles. The Morgan fingerprint density at radius 3 is 2.89 bits per heavy atom. The summed E-state index contributed by atoms with van der Waals surface area (Å²) < 4.78 is 0.970. The Kier molecular flexibility index (Phi) is 4.42. The summed E-state index contributed by atoms with van der Waals surface area (Å²) in [4.78, 5) is 11.2. The third kappa shape index (κ3) is 3.45. The van der Waals surface area contributed by atoms with Crippen molar-refractivity contribution in [2.45, 2.75) is 26.3 Å². The van der Waals surface area contributed by atoms with E-state index >= 15 is 0 Å². The molecular weight excluding hydrogens is 306 g/mol. The summed E-state index contributed by atoms with van der Waals surface area (Å²) in [5.41, 5.74) is 2.57. The van der Waals surface area contributed by atoms with E-state index in [1.165, 1.54) is 5.56 Å². The van der Waals surface area contributed by atoms with E-state index < -0.39 is 5.97 Å². The lowest BCUT2D eigenvalue weighted by molar-refractivity contribution is -0.132. The number of halogens is 1. The van der Waals surface area contributed by atoms with Gasteiger partial charge < -0.3 is 10.4 Å². The third-order valence-corrected chi connectivity index (χ3v) is 3.77. The van der Waals surface area contributed by atoms with Crippen molar-refractivity contribution in [3.63, 3.8) is 0 Å². The van der Waals surface area contributed by atoms with Crippen LogP contribution in [0.25, 0.3) is 6.08 Å². The molecule has 0 amide bonds. The van der Waals surface area contributed by atoms with Crippen LogP contribution in [0.2, 0.25) is 0 Å². The van der Waals surface area contributed by atoms with Crippen LogP contribution in [-0.2, 0) is 4.79 Å². The number of rotatable bonds is 3. The number of carboxylic acid groups (broad SMARTS) is 1. The Labute approximate surface area is 121 Å². The number of aliphatic carboxylic acids is 1. The van der Waals surface area contributed by atoms with Crippen molar-refractivity contribution in [1.29, 1.82) is 0 Å². The molecule has 0 aliphatic carbocycles. The van der Waals surface area contributed by atoms with E-state index in [-0.39, 0.29) is 6.04 Å². The predicted octanol–water partition coefficient (Wildman–Crippen LogP) is 3.61. The molecule has 1 aliphatic heterocycles. The van der Waals surface area contributed by atoms with Crippen LogP contribution in [0.5, 0.6) is 0 Å². The van der Waals surface area contributed by atoms with Crippen molar-refractivity contribution in [2.24, 2.45) is 5.92 Å². The van der Waals surface area contributed by atoms with Gasteiger partial charge in [0.1, 0.15) is 0 Å². The molecule has 1 aromatic rings. The molecule has 1 atom stereocenters. The quantitative estimate of drug-likeness (QED) is 0.893. The summed E-state index contributed by atoms with van der Waals surface area (Å²) in [6, 6.07) is 6.27. The first kappa shape index (κ1) is 14.3. The summed E-state index contributed by atoms with van der Waals surface area (Å²) in [7, 11) is 0. The minimum Gasteiger partial charge on any atom is -0.478 e. The lowest BCUT2D eigenvalue weighted by atomic mass is 9.94.